The number of hydrogen-bond acceptors (Lipinski definition) is 4. The van der Waals surface area contributed by atoms with Crippen molar-refractivity contribution in [3.05, 3.63) is 36.7 Å². The number of rotatable bonds is 4. The van der Waals surface area contributed by atoms with Crippen molar-refractivity contribution < 1.29 is 9.53 Å². The molecule has 0 radical (unpaired) electrons. The highest BCUT2D eigenvalue weighted by atomic mass is 16.5. The van der Waals surface area contributed by atoms with Gasteiger partial charge in [0.05, 0.1) is 0 Å². The van der Waals surface area contributed by atoms with E-state index < -0.39 is 0 Å². The third-order valence-electron chi connectivity index (χ3n) is 5.82. The molecule has 2 aromatic rings. The van der Waals surface area contributed by atoms with E-state index in [0.717, 1.165) is 50.4 Å². The van der Waals surface area contributed by atoms with Crippen LogP contribution in [0.2, 0.25) is 0 Å². The van der Waals surface area contributed by atoms with Crippen LogP contribution in [0.15, 0.2) is 31.1 Å². The average molecular weight is 354 g/mol. The maximum atomic E-state index is 12.0. The van der Waals surface area contributed by atoms with E-state index in [0.29, 0.717) is 5.92 Å². The van der Waals surface area contributed by atoms with Crippen LogP contribution < -0.4 is 5.32 Å². The molecule has 2 aromatic heterocycles. The van der Waals surface area contributed by atoms with E-state index in [1.807, 2.05) is 17.2 Å². The van der Waals surface area contributed by atoms with Crippen molar-refractivity contribution in [2.24, 2.45) is 0 Å². The minimum Gasteiger partial charge on any atom is -0.381 e. The van der Waals surface area contributed by atoms with E-state index in [-0.39, 0.29) is 18.0 Å². The molecule has 0 unspecified atom stereocenters. The van der Waals surface area contributed by atoms with Crippen LogP contribution in [0, 0.1) is 0 Å². The van der Waals surface area contributed by atoms with Crippen LogP contribution >= 0.6 is 0 Å². The lowest BCUT2D eigenvalue weighted by Crippen LogP contribution is -2.39. The van der Waals surface area contributed by atoms with Crippen molar-refractivity contribution in [2.75, 3.05) is 25.1 Å². The van der Waals surface area contributed by atoms with Crippen LogP contribution in [0.3, 0.4) is 0 Å². The summed E-state index contributed by atoms with van der Waals surface area (Å²) < 4.78 is 5.52. The Morgan fingerprint density at radius 3 is 3.00 bits per heavy atom. The number of ether oxygens (including phenoxy) is 1. The number of amides is 1. The molecule has 2 aliphatic heterocycles. The number of nitrogens with zero attached hydrogens (tertiary/aromatic N) is 2. The van der Waals surface area contributed by atoms with Crippen molar-refractivity contribution in [3.8, 4) is 0 Å². The van der Waals surface area contributed by atoms with Crippen molar-refractivity contribution in [1.29, 1.82) is 0 Å². The molecule has 0 aliphatic carbocycles. The first-order valence-electron chi connectivity index (χ1n) is 9.42. The zero-order valence-corrected chi connectivity index (χ0v) is 15.2. The molecule has 1 amide bonds. The summed E-state index contributed by atoms with van der Waals surface area (Å²) in [5.41, 5.74) is 3.34. The maximum Gasteiger partial charge on any atom is 0.246 e. The zero-order valence-electron chi connectivity index (χ0n) is 15.2. The predicted octanol–water partition coefficient (Wildman–Crippen LogP) is 3.04. The predicted molar refractivity (Wildman–Crippen MR) is 102 cm³/mol. The van der Waals surface area contributed by atoms with Gasteiger partial charge < -0.3 is 19.9 Å². The third kappa shape index (κ3) is 2.98. The highest BCUT2D eigenvalue weighted by Gasteiger charge is 2.33. The number of fused-ring (bicyclic) bond motifs is 1. The van der Waals surface area contributed by atoms with Gasteiger partial charge in [0.2, 0.25) is 5.91 Å². The smallest absolute Gasteiger partial charge is 0.246 e. The molecular formula is C20H26N4O2. The lowest BCUT2D eigenvalue weighted by Gasteiger charge is -2.26. The Bertz CT molecular complexity index is 809. The molecule has 2 N–H and O–H groups in total. The largest absolute Gasteiger partial charge is 0.381 e. The molecule has 4 heterocycles. The number of carbonyl (C=O) groups excluding carboxylic acids is 1. The Kier molecular flexibility index (Phi) is 4.68. The van der Waals surface area contributed by atoms with Gasteiger partial charge in [-0.1, -0.05) is 6.58 Å². The number of nitrogens with one attached hydrogen (secondary N) is 2. The van der Waals surface area contributed by atoms with Crippen molar-refractivity contribution in [2.45, 2.75) is 44.2 Å². The summed E-state index contributed by atoms with van der Waals surface area (Å²) in [6, 6.07) is 2.40. The standard InChI is InChI=1S/C20H26N4O2/c1-3-18(25)24-9-5-16(13(24)2)23-17-4-8-21-20-19(17)15(12-22-20)14-6-10-26-11-7-14/h3-4,8,12-14,16H,1,5-7,9-11H2,2H3,(H2,21,22,23)/t13-,16-/m1/s1. The first-order chi connectivity index (χ1) is 12.7. The fourth-order valence-corrected chi connectivity index (χ4v) is 4.29. The molecule has 2 saturated heterocycles. The summed E-state index contributed by atoms with van der Waals surface area (Å²) in [6.07, 6.45) is 8.36. The number of carbonyl (C=O) groups is 1. The lowest BCUT2D eigenvalue weighted by atomic mass is 9.91. The molecule has 26 heavy (non-hydrogen) atoms. The number of pyridine rings is 1. The van der Waals surface area contributed by atoms with Crippen LogP contribution in [0.1, 0.15) is 37.7 Å². The Morgan fingerprint density at radius 1 is 1.42 bits per heavy atom. The van der Waals surface area contributed by atoms with E-state index in [1.54, 1.807) is 0 Å². The van der Waals surface area contributed by atoms with Gasteiger partial charge in [-0.25, -0.2) is 4.98 Å². The summed E-state index contributed by atoms with van der Waals surface area (Å²) in [6.45, 7) is 8.11. The van der Waals surface area contributed by atoms with Crippen molar-refractivity contribution in [1.82, 2.24) is 14.9 Å². The van der Waals surface area contributed by atoms with Gasteiger partial charge in [-0.05, 0) is 49.8 Å². The molecule has 0 aromatic carbocycles. The highest BCUT2D eigenvalue weighted by molar-refractivity contribution is 5.93. The summed E-state index contributed by atoms with van der Waals surface area (Å²) in [5, 5.41) is 4.87. The quantitative estimate of drug-likeness (QED) is 0.828. The van der Waals surface area contributed by atoms with Gasteiger partial charge in [0.25, 0.3) is 0 Å². The Balaban J connectivity index is 1.61. The zero-order chi connectivity index (χ0) is 18.1. The van der Waals surface area contributed by atoms with Gasteiger partial charge in [0, 0.05) is 55.3 Å². The normalized spacial score (nSPS) is 24.1. The second kappa shape index (κ2) is 7.11. The average Bonchev–Trinajstić information content (AvgIpc) is 3.27. The van der Waals surface area contributed by atoms with E-state index >= 15 is 0 Å². The summed E-state index contributed by atoms with van der Waals surface area (Å²) in [5.74, 6) is 0.508. The summed E-state index contributed by atoms with van der Waals surface area (Å²) in [4.78, 5) is 21.7. The van der Waals surface area contributed by atoms with E-state index in [9.17, 15) is 4.79 Å². The molecule has 4 rings (SSSR count). The maximum absolute atomic E-state index is 12.0. The topological polar surface area (TPSA) is 70.2 Å². The highest BCUT2D eigenvalue weighted by Crippen LogP contribution is 2.36. The third-order valence-corrected chi connectivity index (χ3v) is 5.82. The molecule has 0 bridgehead atoms. The molecule has 2 atom stereocenters. The second-order valence-electron chi connectivity index (χ2n) is 7.23. The van der Waals surface area contributed by atoms with Crippen LogP contribution in [0.4, 0.5) is 5.69 Å². The summed E-state index contributed by atoms with van der Waals surface area (Å²) in [7, 11) is 0. The van der Waals surface area contributed by atoms with Gasteiger partial charge in [0.15, 0.2) is 0 Å². The van der Waals surface area contributed by atoms with Gasteiger partial charge in [0.1, 0.15) is 5.65 Å². The first kappa shape index (κ1) is 17.1. The molecule has 0 spiro atoms. The molecule has 138 valence electrons. The SMILES string of the molecule is C=CC(=O)N1CC[C@@H](Nc2ccnc3[nH]cc(C4CCOCC4)c23)[C@H]1C. The number of aromatic nitrogens is 2. The lowest BCUT2D eigenvalue weighted by molar-refractivity contribution is -0.126. The van der Waals surface area contributed by atoms with Gasteiger partial charge in [-0.15, -0.1) is 0 Å². The van der Waals surface area contributed by atoms with Gasteiger partial charge in [-0.2, -0.15) is 0 Å². The van der Waals surface area contributed by atoms with E-state index in [2.05, 4.69) is 35.0 Å². The molecule has 2 aliphatic rings. The Labute approximate surface area is 153 Å². The molecule has 2 fully saturated rings. The Hall–Kier alpha value is -2.34. The molecule has 0 saturated carbocycles. The number of H-pyrrole nitrogens is 1. The van der Waals surface area contributed by atoms with Crippen LogP contribution in [-0.4, -0.2) is 52.6 Å². The van der Waals surface area contributed by atoms with Crippen molar-refractivity contribution in [3.63, 3.8) is 0 Å². The molecular weight excluding hydrogens is 328 g/mol. The van der Waals surface area contributed by atoms with Crippen molar-refractivity contribution >= 4 is 22.6 Å². The number of likely N-dealkylation sites (tertiary alicyclic amines) is 1. The van der Waals surface area contributed by atoms with Crippen LogP contribution in [0.25, 0.3) is 11.0 Å². The van der Waals surface area contributed by atoms with E-state index in [4.69, 9.17) is 4.74 Å². The number of aromatic amines is 1. The first-order valence-corrected chi connectivity index (χ1v) is 9.42. The minimum absolute atomic E-state index is 0.00575. The number of hydrogen-bond donors (Lipinski definition) is 2. The number of anilines is 1. The fourth-order valence-electron chi connectivity index (χ4n) is 4.29. The van der Waals surface area contributed by atoms with E-state index in [1.165, 1.54) is 17.0 Å². The monoisotopic (exact) mass is 354 g/mol. The van der Waals surface area contributed by atoms with Crippen LogP contribution in [0.5, 0.6) is 0 Å². The minimum atomic E-state index is 0.00575. The van der Waals surface area contributed by atoms with Gasteiger partial charge in [-0.3, -0.25) is 4.79 Å². The second-order valence-corrected chi connectivity index (χ2v) is 7.23. The van der Waals surface area contributed by atoms with Gasteiger partial charge >= 0.3 is 0 Å². The molecule has 6 heteroatoms. The fraction of sp³-hybridized carbons (Fsp3) is 0.500. The summed E-state index contributed by atoms with van der Waals surface area (Å²) >= 11 is 0. The molecule has 6 nitrogen and oxygen atoms in total. The van der Waals surface area contributed by atoms with Crippen LogP contribution in [-0.2, 0) is 9.53 Å². The Morgan fingerprint density at radius 2 is 2.23 bits per heavy atom.